The number of hydrogen-bond donors (Lipinski definition) is 2. The summed E-state index contributed by atoms with van der Waals surface area (Å²) in [6.07, 6.45) is 2.00. The molecule has 0 amide bonds. The molecule has 0 spiro atoms. The number of ether oxygens (including phenoxy) is 1. The normalized spacial score (nSPS) is 22.4. The van der Waals surface area contributed by atoms with Crippen LogP contribution in [0, 0.1) is 11.7 Å². The lowest BCUT2D eigenvalue weighted by atomic mass is 9.89. The summed E-state index contributed by atoms with van der Waals surface area (Å²) in [5.41, 5.74) is 3.42. The molecule has 0 aliphatic carbocycles. The van der Waals surface area contributed by atoms with Crippen LogP contribution in [0.2, 0.25) is 5.02 Å². The first-order valence-corrected chi connectivity index (χ1v) is 6.09. The minimum Gasteiger partial charge on any atom is -0.381 e. The van der Waals surface area contributed by atoms with Gasteiger partial charge in [-0.1, -0.05) is 11.6 Å². The van der Waals surface area contributed by atoms with Crippen LogP contribution in [0.1, 0.15) is 24.4 Å². The summed E-state index contributed by atoms with van der Waals surface area (Å²) in [6, 6.07) is 4.16. The number of hydrogen-bond acceptors (Lipinski definition) is 3. The molecule has 1 fully saturated rings. The number of rotatable bonds is 3. The summed E-state index contributed by atoms with van der Waals surface area (Å²) in [5.74, 6) is 5.49. The van der Waals surface area contributed by atoms with Crippen LogP contribution < -0.4 is 11.3 Å². The lowest BCUT2D eigenvalue weighted by Crippen LogP contribution is -2.37. The molecule has 1 aromatic rings. The van der Waals surface area contributed by atoms with Crippen LogP contribution in [0.4, 0.5) is 4.39 Å². The van der Waals surface area contributed by atoms with Crippen LogP contribution in [0.25, 0.3) is 0 Å². The third kappa shape index (κ3) is 2.96. The van der Waals surface area contributed by atoms with Crippen LogP contribution in [0.3, 0.4) is 0 Å². The van der Waals surface area contributed by atoms with Gasteiger partial charge in [0.15, 0.2) is 0 Å². The van der Waals surface area contributed by atoms with Crippen LogP contribution in [-0.2, 0) is 4.74 Å². The molecule has 94 valence electrons. The maximum absolute atomic E-state index is 13.3. The molecule has 1 aliphatic heterocycles. The van der Waals surface area contributed by atoms with E-state index in [0.29, 0.717) is 17.2 Å². The molecule has 17 heavy (non-hydrogen) atoms. The molecule has 3 nitrogen and oxygen atoms in total. The van der Waals surface area contributed by atoms with Crippen molar-refractivity contribution in [3.05, 3.63) is 34.6 Å². The zero-order chi connectivity index (χ0) is 12.3. The van der Waals surface area contributed by atoms with E-state index >= 15 is 0 Å². The maximum Gasteiger partial charge on any atom is 0.123 e. The van der Waals surface area contributed by atoms with Crippen molar-refractivity contribution in [1.29, 1.82) is 0 Å². The number of nitrogens with one attached hydrogen (secondary N) is 1. The van der Waals surface area contributed by atoms with E-state index in [0.717, 1.165) is 19.4 Å². The Kier molecular flexibility index (Phi) is 4.34. The molecule has 2 rings (SSSR count). The van der Waals surface area contributed by atoms with Gasteiger partial charge in [0, 0.05) is 17.5 Å². The Hall–Kier alpha value is -0.680. The zero-order valence-corrected chi connectivity index (χ0v) is 10.2. The smallest absolute Gasteiger partial charge is 0.123 e. The van der Waals surface area contributed by atoms with Gasteiger partial charge in [0.2, 0.25) is 0 Å². The summed E-state index contributed by atoms with van der Waals surface area (Å²) in [4.78, 5) is 0. The Morgan fingerprint density at radius 2 is 2.35 bits per heavy atom. The second-order valence-electron chi connectivity index (χ2n) is 4.29. The fourth-order valence-corrected chi connectivity index (χ4v) is 2.50. The first-order chi connectivity index (χ1) is 8.22. The second kappa shape index (κ2) is 5.78. The van der Waals surface area contributed by atoms with Crippen molar-refractivity contribution in [2.45, 2.75) is 18.9 Å². The Morgan fingerprint density at radius 1 is 1.53 bits per heavy atom. The maximum atomic E-state index is 13.3. The lowest BCUT2D eigenvalue weighted by molar-refractivity contribution is 0.0390. The van der Waals surface area contributed by atoms with Crippen molar-refractivity contribution in [3.63, 3.8) is 0 Å². The molecule has 1 aliphatic rings. The quantitative estimate of drug-likeness (QED) is 0.647. The molecule has 3 N–H and O–H groups in total. The van der Waals surface area contributed by atoms with Crippen molar-refractivity contribution in [2.75, 3.05) is 13.2 Å². The molecule has 0 saturated carbocycles. The van der Waals surface area contributed by atoms with Gasteiger partial charge < -0.3 is 4.74 Å². The van der Waals surface area contributed by atoms with Gasteiger partial charge in [-0.25, -0.2) is 4.39 Å². The van der Waals surface area contributed by atoms with E-state index in [1.54, 1.807) is 6.07 Å². The van der Waals surface area contributed by atoms with E-state index in [1.165, 1.54) is 12.1 Å². The predicted molar refractivity (Wildman–Crippen MR) is 65.0 cm³/mol. The van der Waals surface area contributed by atoms with Crippen molar-refractivity contribution < 1.29 is 9.13 Å². The van der Waals surface area contributed by atoms with Gasteiger partial charge in [0.1, 0.15) is 5.82 Å². The highest BCUT2D eigenvalue weighted by Crippen LogP contribution is 2.32. The monoisotopic (exact) mass is 258 g/mol. The topological polar surface area (TPSA) is 47.3 Å². The van der Waals surface area contributed by atoms with Crippen LogP contribution in [-0.4, -0.2) is 13.2 Å². The van der Waals surface area contributed by atoms with E-state index in [4.69, 9.17) is 22.2 Å². The molecule has 0 aromatic heterocycles. The van der Waals surface area contributed by atoms with Gasteiger partial charge in [-0.3, -0.25) is 11.3 Å². The van der Waals surface area contributed by atoms with E-state index < -0.39 is 0 Å². The largest absolute Gasteiger partial charge is 0.381 e. The van der Waals surface area contributed by atoms with Crippen LogP contribution in [0.15, 0.2) is 18.2 Å². The summed E-state index contributed by atoms with van der Waals surface area (Å²) in [7, 11) is 0. The van der Waals surface area contributed by atoms with Crippen molar-refractivity contribution in [2.24, 2.45) is 11.8 Å². The molecule has 5 heteroatoms. The molecule has 0 bridgehead atoms. The summed E-state index contributed by atoms with van der Waals surface area (Å²) < 4.78 is 18.7. The first-order valence-electron chi connectivity index (χ1n) is 5.71. The highest BCUT2D eigenvalue weighted by molar-refractivity contribution is 6.31. The minimum atomic E-state index is -0.304. The fourth-order valence-electron chi connectivity index (χ4n) is 2.26. The van der Waals surface area contributed by atoms with Crippen LogP contribution in [0.5, 0.6) is 0 Å². The average Bonchev–Trinajstić information content (AvgIpc) is 2.36. The molecule has 0 radical (unpaired) electrons. The summed E-state index contributed by atoms with van der Waals surface area (Å²) in [5, 5.41) is 0.528. The van der Waals surface area contributed by atoms with Gasteiger partial charge in [-0.05, 0) is 36.6 Å². The number of benzene rings is 1. The number of halogens is 2. The number of hydrazine groups is 1. The van der Waals surface area contributed by atoms with E-state index in [2.05, 4.69) is 5.43 Å². The van der Waals surface area contributed by atoms with Gasteiger partial charge in [-0.15, -0.1) is 0 Å². The SMILES string of the molecule is NNC(c1cc(F)ccc1Cl)C1CCCOC1. The molecule has 2 unspecified atom stereocenters. The highest BCUT2D eigenvalue weighted by Gasteiger charge is 2.26. The third-order valence-corrected chi connectivity index (χ3v) is 3.48. The molecular weight excluding hydrogens is 243 g/mol. The standard InChI is InChI=1S/C12H16ClFN2O/c13-11-4-3-9(14)6-10(11)12(16-15)8-2-1-5-17-7-8/h3-4,6,8,12,16H,1-2,5,7,15H2. The van der Waals surface area contributed by atoms with Crippen molar-refractivity contribution in [3.8, 4) is 0 Å². The Balaban J connectivity index is 2.24. The summed E-state index contributed by atoms with van der Waals surface area (Å²) in [6.45, 7) is 1.41. The molecular formula is C12H16ClFN2O. The second-order valence-corrected chi connectivity index (χ2v) is 4.69. The molecule has 1 saturated heterocycles. The number of nitrogens with two attached hydrogens (primary N) is 1. The van der Waals surface area contributed by atoms with E-state index in [9.17, 15) is 4.39 Å². The summed E-state index contributed by atoms with van der Waals surface area (Å²) >= 11 is 6.09. The molecule has 1 aromatic carbocycles. The molecule has 2 atom stereocenters. The highest BCUT2D eigenvalue weighted by atomic mass is 35.5. The third-order valence-electron chi connectivity index (χ3n) is 3.14. The van der Waals surface area contributed by atoms with Crippen molar-refractivity contribution in [1.82, 2.24) is 5.43 Å². The van der Waals surface area contributed by atoms with Crippen molar-refractivity contribution >= 4 is 11.6 Å². The Bertz CT molecular complexity index is 383. The average molecular weight is 259 g/mol. The van der Waals surface area contributed by atoms with Gasteiger partial charge in [0.05, 0.1) is 12.6 Å². The Morgan fingerprint density at radius 3 is 3.00 bits per heavy atom. The van der Waals surface area contributed by atoms with Gasteiger partial charge in [0.25, 0.3) is 0 Å². The Labute approximate surface area is 105 Å². The van der Waals surface area contributed by atoms with E-state index in [1.807, 2.05) is 0 Å². The lowest BCUT2D eigenvalue weighted by Gasteiger charge is -2.30. The minimum absolute atomic E-state index is 0.168. The first kappa shape index (κ1) is 12.8. The van der Waals surface area contributed by atoms with Gasteiger partial charge in [-0.2, -0.15) is 0 Å². The van der Waals surface area contributed by atoms with E-state index in [-0.39, 0.29) is 17.8 Å². The predicted octanol–water partition coefficient (Wildman–Crippen LogP) is 2.41. The fraction of sp³-hybridized carbons (Fsp3) is 0.500. The zero-order valence-electron chi connectivity index (χ0n) is 9.46. The van der Waals surface area contributed by atoms with Crippen LogP contribution >= 0.6 is 11.6 Å². The molecule has 1 heterocycles. The van der Waals surface area contributed by atoms with Gasteiger partial charge >= 0.3 is 0 Å².